The lowest BCUT2D eigenvalue weighted by Gasteiger charge is -2.35. The molecule has 7 heteroatoms. The topological polar surface area (TPSA) is 85.1 Å². The molecule has 0 spiro atoms. The molecule has 3 rings (SSSR count). The lowest BCUT2D eigenvalue weighted by atomic mass is 10.1. The maximum atomic E-state index is 12.6. The van der Waals surface area contributed by atoms with E-state index in [-0.39, 0.29) is 24.4 Å². The molecule has 1 aromatic carbocycles. The molecule has 0 unspecified atom stereocenters. The fraction of sp³-hybridized carbons (Fsp3) is 0.529. The van der Waals surface area contributed by atoms with E-state index in [2.05, 4.69) is 0 Å². The lowest BCUT2D eigenvalue weighted by molar-refractivity contribution is -0.136. The summed E-state index contributed by atoms with van der Waals surface area (Å²) < 4.78 is 10.9. The van der Waals surface area contributed by atoms with Gasteiger partial charge < -0.3 is 20.1 Å². The highest BCUT2D eigenvalue weighted by atomic mass is 16.5. The van der Waals surface area contributed by atoms with Gasteiger partial charge in [0.2, 0.25) is 5.91 Å². The van der Waals surface area contributed by atoms with E-state index in [1.807, 2.05) is 25.1 Å². The molecule has 2 aliphatic rings. The van der Waals surface area contributed by atoms with Crippen molar-refractivity contribution in [2.45, 2.75) is 26.0 Å². The van der Waals surface area contributed by atoms with E-state index >= 15 is 0 Å². The third-order valence-corrected chi connectivity index (χ3v) is 4.37. The minimum atomic E-state index is -0.615. The van der Waals surface area contributed by atoms with Crippen molar-refractivity contribution >= 4 is 17.5 Å². The van der Waals surface area contributed by atoms with Crippen molar-refractivity contribution < 1.29 is 19.1 Å². The fourth-order valence-corrected chi connectivity index (χ4v) is 2.92. The zero-order valence-electron chi connectivity index (χ0n) is 14.0. The highest BCUT2D eigenvalue weighted by Gasteiger charge is 2.34. The second-order valence-corrected chi connectivity index (χ2v) is 6.19. The van der Waals surface area contributed by atoms with Gasteiger partial charge >= 0.3 is 0 Å². The summed E-state index contributed by atoms with van der Waals surface area (Å²) in [5, 5.41) is 0. The van der Waals surface area contributed by atoms with Crippen LogP contribution < -0.4 is 15.4 Å². The van der Waals surface area contributed by atoms with Crippen molar-refractivity contribution in [3.63, 3.8) is 0 Å². The van der Waals surface area contributed by atoms with E-state index in [9.17, 15) is 9.59 Å². The first kappa shape index (κ1) is 16.7. The number of hydrogen-bond acceptors (Lipinski definition) is 5. The Hall–Kier alpha value is -2.12. The van der Waals surface area contributed by atoms with Crippen molar-refractivity contribution in [3.05, 3.63) is 23.8 Å². The van der Waals surface area contributed by atoms with Gasteiger partial charge in [0.15, 0.2) is 6.10 Å². The Balaban J connectivity index is 1.87. The average molecular weight is 333 g/mol. The van der Waals surface area contributed by atoms with Gasteiger partial charge in [0, 0.05) is 19.1 Å². The van der Waals surface area contributed by atoms with Crippen molar-refractivity contribution in [2.24, 2.45) is 5.73 Å². The highest BCUT2D eigenvalue weighted by Crippen LogP contribution is 2.35. The van der Waals surface area contributed by atoms with Crippen LogP contribution >= 0.6 is 0 Å². The number of hydrogen-bond donors (Lipinski definition) is 1. The minimum Gasteiger partial charge on any atom is -0.479 e. The summed E-state index contributed by atoms with van der Waals surface area (Å²) in [5.74, 6) is 0.296. The first-order valence-corrected chi connectivity index (χ1v) is 8.20. The Morgan fingerprint density at radius 2 is 2.08 bits per heavy atom. The summed E-state index contributed by atoms with van der Waals surface area (Å²) >= 11 is 0. The second-order valence-electron chi connectivity index (χ2n) is 6.19. The number of carbonyl (C=O) groups is 2. The smallest absolute Gasteiger partial charge is 0.268 e. The third kappa shape index (κ3) is 3.22. The van der Waals surface area contributed by atoms with E-state index in [0.29, 0.717) is 37.7 Å². The van der Waals surface area contributed by atoms with Crippen molar-refractivity contribution in [2.75, 3.05) is 37.7 Å². The standard InChI is InChI=1S/C17H23N3O4/c1-11(18)13-3-4-15-14(9-13)20(17(22)12(2)24-15)10-16(21)19-5-7-23-8-6-19/h3-4,9,11-12H,5-8,10,18H2,1-2H3/t11-,12-/m0/s1. The molecule has 7 nitrogen and oxygen atoms in total. The monoisotopic (exact) mass is 333 g/mol. The predicted octanol–water partition coefficient (Wildman–Crippen LogP) is 0.679. The van der Waals surface area contributed by atoms with Gasteiger partial charge in [0.1, 0.15) is 12.3 Å². The van der Waals surface area contributed by atoms with Crippen LogP contribution in [0.15, 0.2) is 18.2 Å². The first-order valence-electron chi connectivity index (χ1n) is 8.20. The quantitative estimate of drug-likeness (QED) is 0.879. The van der Waals surface area contributed by atoms with Crippen LogP contribution in [0.3, 0.4) is 0 Å². The summed E-state index contributed by atoms with van der Waals surface area (Å²) in [4.78, 5) is 28.4. The Morgan fingerprint density at radius 1 is 1.38 bits per heavy atom. The Kier molecular flexibility index (Phi) is 4.73. The normalized spacial score (nSPS) is 22.0. The van der Waals surface area contributed by atoms with Gasteiger partial charge in [-0.2, -0.15) is 0 Å². The average Bonchev–Trinajstić information content (AvgIpc) is 2.59. The van der Waals surface area contributed by atoms with Gasteiger partial charge in [0.05, 0.1) is 18.9 Å². The van der Waals surface area contributed by atoms with Gasteiger partial charge in [-0.15, -0.1) is 0 Å². The molecule has 130 valence electrons. The first-order chi connectivity index (χ1) is 11.5. The van der Waals surface area contributed by atoms with Crippen LogP contribution in [0.25, 0.3) is 0 Å². The molecule has 2 aliphatic heterocycles. The summed E-state index contributed by atoms with van der Waals surface area (Å²) in [5.41, 5.74) is 7.44. The molecule has 2 atom stereocenters. The van der Waals surface area contributed by atoms with Gasteiger partial charge in [-0.3, -0.25) is 14.5 Å². The van der Waals surface area contributed by atoms with Crippen LogP contribution in [-0.2, 0) is 14.3 Å². The fourth-order valence-electron chi connectivity index (χ4n) is 2.92. The molecule has 0 aromatic heterocycles. The van der Waals surface area contributed by atoms with Crippen LogP contribution in [0, 0.1) is 0 Å². The number of anilines is 1. The van der Waals surface area contributed by atoms with Gasteiger partial charge in [-0.1, -0.05) is 6.07 Å². The third-order valence-electron chi connectivity index (χ3n) is 4.37. The van der Waals surface area contributed by atoms with Crippen LogP contribution in [0.2, 0.25) is 0 Å². The van der Waals surface area contributed by atoms with Crippen molar-refractivity contribution in [3.8, 4) is 5.75 Å². The predicted molar refractivity (Wildman–Crippen MR) is 88.9 cm³/mol. The molecule has 0 bridgehead atoms. The number of nitrogens with zero attached hydrogens (tertiary/aromatic N) is 2. The van der Waals surface area contributed by atoms with Gasteiger partial charge in [-0.25, -0.2) is 0 Å². The maximum Gasteiger partial charge on any atom is 0.268 e. The Labute approximate surface area is 141 Å². The summed E-state index contributed by atoms with van der Waals surface area (Å²) in [7, 11) is 0. The molecular formula is C17H23N3O4. The van der Waals surface area contributed by atoms with Gasteiger partial charge in [-0.05, 0) is 31.5 Å². The molecule has 1 fully saturated rings. The van der Waals surface area contributed by atoms with Crippen LogP contribution in [0.1, 0.15) is 25.5 Å². The zero-order valence-corrected chi connectivity index (χ0v) is 14.0. The van der Waals surface area contributed by atoms with E-state index in [1.165, 1.54) is 4.90 Å². The van der Waals surface area contributed by atoms with Crippen LogP contribution in [0.5, 0.6) is 5.75 Å². The van der Waals surface area contributed by atoms with Crippen LogP contribution in [-0.4, -0.2) is 55.7 Å². The van der Waals surface area contributed by atoms with E-state index in [4.69, 9.17) is 15.2 Å². The Bertz CT molecular complexity index is 641. The largest absolute Gasteiger partial charge is 0.479 e. The van der Waals surface area contributed by atoms with E-state index < -0.39 is 6.10 Å². The van der Waals surface area contributed by atoms with E-state index in [0.717, 1.165) is 5.56 Å². The second kappa shape index (κ2) is 6.78. The number of morpholine rings is 1. The molecule has 24 heavy (non-hydrogen) atoms. The van der Waals surface area contributed by atoms with Gasteiger partial charge in [0.25, 0.3) is 5.91 Å². The minimum absolute atomic E-state index is 0.00192. The zero-order chi connectivity index (χ0) is 17.3. The summed E-state index contributed by atoms with van der Waals surface area (Å²) in [6.45, 7) is 5.74. The number of ether oxygens (including phenoxy) is 2. The molecule has 0 radical (unpaired) electrons. The number of amides is 2. The highest BCUT2D eigenvalue weighted by molar-refractivity contribution is 6.03. The summed E-state index contributed by atoms with van der Waals surface area (Å²) in [6.07, 6.45) is -0.615. The molecule has 2 heterocycles. The maximum absolute atomic E-state index is 12.6. The SMILES string of the molecule is C[C@@H]1Oc2ccc([C@H](C)N)cc2N(CC(=O)N2CCOCC2)C1=O. The molecule has 0 saturated carbocycles. The molecule has 1 aromatic rings. The number of carbonyl (C=O) groups excluding carboxylic acids is 2. The number of fused-ring (bicyclic) bond motifs is 1. The van der Waals surface area contributed by atoms with Crippen molar-refractivity contribution in [1.29, 1.82) is 0 Å². The Morgan fingerprint density at radius 3 is 2.75 bits per heavy atom. The number of nitrogens with two attached hydrogens (primary N) is 1. The number of rotatable bonds is 3. The molecule has 0 aliphatic carbocycles. The van der Waals surface area contributed by atoms with Crippen LogP contribution in [0.4, 0.5) is 5.69 Å². The summed E-state index contributed by atoms with van der Waals surface area (Å²) in [6, 6.07) is 5.36. The lowest BCUT2D eigenvalue weighted by Crippen LogP contribution is -2.51. The molecule has 1 saturated heterocycles. The van der Waals surface area contributed by atoms with E-state index in [1.54, 1.807) is 11.8 Å². The van der Waals surface area contributed by atoms with Crippen molar-refractivity contribution in [1.82, 2.24) is 4.90 Å². The molecular weight excluding hydrogens is 310 g/mol. The number of benzene rings is 1. The molecule has 2 amide bonds. The molecule has 2 N–H and O–H groups in total.